The van der Waals surface area contributed by atoms with Gasteiger partial charge in [-0.25, -0.2) is 9.18 Å². The van der Waals surface area contributed by atoms with Gasteiger partial charge in [-0.1, -0.05) is 6.07 Å². The van der Waals surface area contributed by atoms with Crippen molar-refractivity contribution in [3.63, 3.8) is 0 Å². The van der Waals surface area contributed by atoms with Gasteiger partial charge in [0.25, 0.3) is 0 Å². The molecule has 0 spiro atoms. The number of piperazine rings is 1. The molecule has 3 rings (SSSR count). The molecule has 0 bridgehead atoms. The number of guanidine groups is 1. The zero-order chi connectivity index (χ0) is 23.3. The van der Waals surface area contributed by atoms with Crippen molar-refractivity contribution in [3.8, 4) is 6.07 Å². The summed E-state index contributed by atoms with van der Waals surface area (Å²) >= 11 is 0. The van der Waals surface area contributed by atoms with Gasteiger partial charge in [0.1, 0.15) is 12.7 Å². The Hall–Kier alpha value is -3.39. The largest absolute Gasteiger partial charge is 0.444 e. The number of halogens is 1. The van der Waals surface area contributed by atoms with E-state index in [0.717, 1.165) is 39.0 Å². The lowest BCUT2D eigenvalue weighted by molar-refractivity contribution is -0.130. The first-order chi connectivity index (χ1) is 15.3. The average Bonchev–Trinajstić information content (AvgIpc) is 2.77. The zero-order valence-electron chi connectivity index (χ0n) is 18.1. The number of nitrogens with two attached hydrogens (primary N) is 1. The van der Waals surface area contributed by atoms with Crippen LogP contribution in [0, 0.1) is 22.6 Å². The summed E-state index contributed by atoms with van der Waals surface area (Å²) in [6.45, 7) is 5.54. The molecule has 2 aliphatic rings. The molecule has 172 valence electrons. The molecular weight excluding hydrogens is 417 g/mol. The molecule has 1 aromatic rings. The minimum atomic E-state index is -0.950. The fourth-order valence-corrected chi connectivity index (χ4v) is 4.26. The van der Waals surface area contributed by atoms with Gasteiger partial charge in [0, 0.05) is 57.8 Å². The molecule has 2 saturated heterocycles. The lowest BCUT2D eigenvalue weighted by atomic mass is 9.99. The van der Waals surface area contributed by atoms with E-state index < -0.39 is 17.9 Å². The van der Waals surface area contributed by atoms with Crippen molar-refractivity contribution in [2.75, 3.05) is 44.2 Å². The first-order valence-electron chi connectivity index (χ1n) is 10.5. The van der Waals surface area contributed by atoms with Crippen LogP contribution in [-0.2, 0) is 16.1 Å². The molecule has 0 aromatic heterocycles. The van der Waals surface area contributed by atoms with Crippen molar-refractivity contribution in [1.82, 2.24) is 15.1 Å². The first kappa shape index (κ1) is 23.3. The number of hydrogen-bond acceptors (Lipinski definition) is 7. The van der Waals surface area contributed by atoms with Crippen LogP contribution in [0.2, 0.25) is 0 Å². The van der Waals surface area contributed by atoms with Crippen molar-refractivity contribution in [3.05, 3.63) is 29.1 Å². The number of anilines is 1. The van der Waals surface area contributed by atoms with E-state index in [0.29, 0.717) is 19.1 Å². The van der Waals surface area contributed by atoms with Crippen LogP contribution in [0.25, 0.3) is 0 Å². The van der Waals surface area contributed by atoms with Crippen molar-refractivity contribution >= 4 is 23.6 Å². The van der Waals surface area contributed by atoms with Crippen molar-refractivity contribution in [2.45, 2.75) is 32.4 Å². The zero-order valence-corrected chi connectivity index (χ0v) is 18.1. The third kappa shape index (κ3) is 5.45. The maximum absolute atomic E-state index is 15.3. The van der Waals surface area contributed by atoms with E-state index in [-0.39, 0.29) is 29.3 Å². The van der Waals surface area contributed by atoms with Gasteiger partial charge in [-0.15, -0.1) is 0 Å². The second-order valence-electron chi connectivity index (χ2n) is 7.92. The van der Waals surface area contributed by atoms with E-state index in [1.54, 1.807) is 6.92 Å². The Morgan fingerprint density at radius 3 is 2.47 bits per heavy atom. The molecule has 1 aromatic carbocycles. The number of ether oxygens (including phenoxy) is 1. The molecule has 0 atom stereocenters. The summed E-state index contributed by atoms with van der Waals surface area (Å²) in [5.41, 5.74) is 5.66. The van der Waals surface area contributed by atoms with Gasteiger partial charge in [0.05, 0.1) is 11.3 Å². The predicted molar refractivity (Wildman–Crippen MR) is 115 cm³/mol. The Labute approximate surface area is 186 Å². The molecule has 10 nitrogen and oxygen atoms in total. The van der Waals surface area contributed by atoms with Crippen LogP contribution in [0.3, 0.4) is 0 Å². The van der Waals surface area contributed by atoms with Gasteiger partial charge in [-0.05, 0) is 18.9 Å². The van der Waals surface area contributed by atoms with E-state index >= 15 is 4.39 Å². The van der Waals surface area contributed by atoms with Gasteiger partial charge < -0.3 is 20.3 Å². The van der Waals surface area contributed by atoms with Crippen LogP contribution in [0.5, 0.6) is 0 Å². The molecule has 11 heteroatoms. The van der Waals surface area contributed by atoms with Crippen LogP contribution in [0.1, 0.15) is 30.9 Å². The summed E-state index contributed by atoms with van der Waals surface area (Å²) in [5.74, 6) is -1.06. The molecule has 0 radical (unpaired) electrons. The highest BCUT2D eigenvalue weighted by Crippen LogP contribution is 2.31. The summed E-state index contributed by atoms with van der Waals surface area (Å²) < 4.78 is 20.2. The molecule has 4 N–H and O–H groups in total. The van der Waals surface area contributed by atoms with Crippen LogP contribution in [-0.4, -0.2) is 73.1 Å². The summed E-state index contributed by atoms with van der Waals surface area (Å²) in [4.78, 5) is 29.2. The maximum Gasteiger partial charge on any atom is 0.414 e. The standard InChI is InChI=1S/C21H28FN7O3/c1-14(30)27-8-10-28(11-9-27)17-4-6-29(7-5-17)19-15(12-23)2-3-16(18(19)22)13-32-21(31)26-20(24)25/h2-3,17H,4-11,13H2,1H3,(H4,24,25,26,31). The van der Waals surface area contributed by atoms with Crippen molar-refractivity contribution < 1.29 is 18.7 Å². The number of piperidine rings is 1. The molecule has 2 amide bonds. The van der Waals surface area contributed by atoms with E-state index in [1.165, 1.54) is 12.1 Å². The number of rotatable bonds is 4. The van der Waals surface area contributed by atoms with Gasteiger partial charge in [-0.2, -0.15) is 5.26 Å². The van der Waals surface area contributed by atoms with Crippen LogP contribution >= 0.6 is 0 Å². The molecule has 32 heavy (non-hydrogen) atoms. The maximum atomic E-state index is 15.3. The van der Waals surface area contributed by atoms with Gasteiger partial charge >= 0.3 is 6.09 Å². The second-order valence-corrected chi connectivity index (χ2v) is 7.92. The highest BCUT2D eigenvalue weighted by atomic mass is 19.1. The Morgan fingerprint density at radius 1 is 1.25 bits per heavy atom. The lowest BCUT2D eigenvalue weighted by Crippen LogP contribution is -2.54. The number of carbonyl (C=O) groups is 2. The quantitative estimate of drug-likeness (QED) is 0.463. The normalized spacial score (nSPS) is 17.5. The van der Waals surface area contributed by atoms with E-state index in [9.17, 15) is 14.9 Å². The predicted octanol–water partition coefficient (Wildman–Crippen LogP) is 0.950. The highest BCUT2D eigenvalue weighted by molar-refractivity contribution is 5.90. The van der Waals surface area contributed by atoms with Crippen LogP contribution in [0.4, 0.5) is 14.9 Å². The number of nitrogens with one attached hydrogen (secondary N) is 2. The summed E-state index contributed by atoms with van der Waals surface area (Å²) in [7, 11) is 0. The highest BCUT2D eigenvalue weighted by Gasteiger charge is 2.30. The Bertz CT molecular complexity index is 917. The Morgan fingerprint density at radius 2 is 1.91 bits per heavy atom. The average molecular weight is 445 g/mol. The van der Waals surface area contributed by atoms with Crippen molar-refractivity contribution in [1.29, 1.82) is 10.7 Å². The van der Waals surface area contributed by atoms with E-state index in [1.807, 2.05) is 21.2 Å². The smallest absolute Gasteiger partial charge is 0.414 e. The number of amides is 2. The Kier molecular flexibility index (Phi) is 7.48. The number of nitrogens with zero attached hydrogens (tertiary/aromatic N) is 4. The Balaban J connectivity index is 1.64. The molecule has 2 heterocycles. The van der Waals surface area contributed by atoms with Crippen LogP contribution in [0.15, 0.2) is 12.1 Å². The molecule has 0 unspecified atom stereocenters. The summed E-state index contributed by atoms with van der Waals surface area (Å²) in [5, 5.41) is 18.5. The van der Waals surface area contributed by atoms with Gasteiger partial charge in [-0.3, -0.25) is 20.4 Å². The molecule has 0 aliphatic carbocycles. The van der Waals surface area contributed by atoms with E-state index in [2.05, 4.69) is 4.90 Å². The lowest BCUT2D eigenvalue weighted by Gasteiger charge is -2.43. The minimum Gasteiger partial charge on any atom is -0.444 e. The fourth-order valence-electron chi connectivity index (χ4n) is 4.26. The topological polar surface area (TPSA) is 139 Å². The van der Waals surface area contributed by atoms with Gasteiger partial charge in [0.15, 0.2) is 11.8 Å². The molecule has 2 aliphatic heterocycles. The first-order valence-corrected chi connectivity index (χ1v) is 10.5. The summed E-state index contributed by atoms with van der Waals surface area (Å²) in [6, 6.07) is 5.34. The minimum absolute atomic E-state index is 0.0987. The fraction of sp³-hybridized carbons (Fsp3) is 0.524. The SMILES string of the molecule is CC(=O)N1CCN(C2CCN(c3c(C#N)ccc(COC(=O)NC(=N)N)c3F)CC2)CC1. The monoisotopic (exact) mass is 445 g/mol. The summed E-state index contributed by atoms with van der Waals surface area (Å²) in [6.07, 6.45) is 0.701. The number of nitriles is 1. The van der Waals surface area contributed by atoms with E-state index in [4.69, 9.17) is 15.9 Å². The molecular formula is C21H28FN7O3. The second kappa shape index (κ2) is 10.3. The van der Waals surface area contributed by atoms with Crippen molar-refractivity contribution in [2.24, 2.45) is 5.73 Å². The van der Waals surface area contributed by atoms with Gasteiger partial charge in [0.2, 0.25) is 5.91 Å². The molecule has 0 saturated carbocycles. The number of hydrogen-bond donors (Lipinski definition) is 3. The van der Waals surface area contributed by atoms with Crippen LogP contribution < -0.4 is 16.0 Å². The third-order valence-electron chi connectivity index (χ3n) is 5.97. The number of benzene rings is 1. The third-order valence-corrected chi connectivity index (χ3v) is 5.97. The number of alkyl carbamates (subject to hydrolysis) is 1. The molecule has 2 fully saturated rings. The number of carbonyl (C=O) groups excluding carboxylic acids is 2.